The standard InChI is InChI=1S/C8H8O2S.Na/c1-6(5-9)8(10)7-3-2-4-11-7;/h2-5,9H,1H3;/q;+1/p-1. The van der Waals surface area contributed by atoms with E-state index in [1.54, 1.807) is 12.1 Å². The Kier molecular flexibility index (Phi) is 5.50. The summed E-state index contributed by atoms with van der Waals surface area (Å²) in [7, 11) is 0. The molecular formula is C8H7NaO2S. The molecule has 0 fully saturated rings. The summed E-state index contributed by atoms with van der Waals surface area (Å²) in [5.74, 6) is -0.171. The molecule has 0 N–H and O–H groups in total. The van der Waals surface area contributed by atoms with Crippen molar-refractivity contribution in [1.29, 1.82) is 0 Å². The van der Waals surface area contributed by atoms with E-state index in [-0.39, 0.29) is 40.9 Å². The van der Waals surface area contributed by atoms with Crippen LogP contribution >= 0.6 is 11.3 Å². The Labute approximate surface area is 97.2 Å². The van der Waals surface area contributed by atoms with Crippen molar-refractivity contribution >= 4 is 17.1 Å². The molecule has 0 bridgehead atoms. The maximum atomic E-state index is 11.2. The number of rotatable bonds is 2. The van der Waals surface area contributed by atoms with Crippen LogP contribution in [0.2, 0.25) is 0 Å². The van der Waals surface area contributed by atoms with Crippen molar-refractivity contribution < 1.29 is 39.5 Å². The molecule has 0 aliphatic carbocycles. The molecule has 1 heterocycles. The Hall–Kier alpha value is -0.0900. The van der Waals surface area contributed by atoms with E-state index < -0.39 is 0 Å². The van der Waals surface area contributed by atoms with Gasteiger partial charge in [-0.3, -0.25) is 4.79 Å². The molecule has 0 unspecified atom stereocenters. The molecule has 0 saturated heterocycles. The second-order valence-electron chi connectivity index (χ2n) is 2.11. The van der Waals surface area contributed by atoms with Crippen LogP contribution in [-0.4, -0.2) is 5.78 Å². The Morgan fingerprint density at radius 2 is 2.33 bits per heavy atom. The molecule has 4 heteroatoms. The zero-order valence-corrected chi connectivity index (χ0v) is 9.85. The minimum atomic E-state index is -0.171. The molecule has 0 aromatic carbocycles. The average molecular weight is 190 g/mol. The van der Waals surface area contributed by atoms with Gasteiger partial charge in [0.15, 0.2) is 5.78 Å². The maximum absolute atomic E-state index is 11.2. The van der Waals surface area contributed by atoms with Crippen molar-refractivity contribution in [2.45, 2.75) is 6.92 Å². The van der Waals surface area contributed by atoms with Crippen molar-refractivity contribution in [3.05, 3.63) is 34.2 Å². The first kappa shape index (κ1) is 11.9. The Morgan fingerprint density at radius 1 is 1.67 bits per heavy atom. The van der Waals surface area contributed by atoms with Crippen LogP contribution in [0.3, 0.4) is 0 Å². The van der Waals surface area contributed by atoms with Gasteiger partial charge in [0, 0.05) is 0 Å². The number of allylic oxidation sites excluding steroid dienone is 1. The van der Waals surface area contributed by atoms with E-state index in [9.17, 15) is 9.90 Å². The molecule has 1 aromatic heterocycles. The molecule has 2 nitrogen and oxygen atoms in total. The molecule has 0 aliphatic heterocycles. The summed E-state index contributed by atoms with van der Waals surface area (Å²) in [6.07, 6.45) is 0.585. The summed E-state index contributed by atoms with van der Waals surface area (Å²) in [6, 6.07) is 3.50. The van der Waals surface area contributed by atoms with Crippen molar-refractivity contribution in [2.75, 3.05) is 0 Å². The number of carbonyl (C=O) groups is 1. The van der Waals surface area contributed by atoms with Crippen LogP contribution in [-0.2, 0) is 0 Å². The summed E-state index contributed by atoms with van der Waals surface area (Å²) in [5.41, 5.74) is 0.257. The normalized spacial score (nSPS) is 10.6. The molecule has 0 amide bonds. The smallest absolute Gasteiger partial charge is 0.878 e. The molecular weight excluding hydrogens is 183 g/mol. The van der Waals surface area contributed by atoms with Crippen LogP contribution < -0.4 is 34.7 Å². The molecule has 58 valence electrons. The molecule has 1 rings (SSSR count). The van der Waals surface area contributed by atoms with Gasteiger partial charge in [-0.05, 0) is 23.9 Å². The van der Waals surface area contributed by atoms with Gasteiger partial charge in [-0.15, -0.1) is 17.6 Å². The minimum Gasteiger partial charge on any atom is -0.878 e. The van der Waals surface area contributed by atoms with Crippen molar-refractivity contribution in [3.8, 4) is 0 Å². The average Bonchev–Trinajstić information content (AvgIpc) is 2.53. The molecule has 12 heavy (non-hydrogen) atoms. The predicted octanol–water partition coefficient (Wildman–Crippen LogP) is -1.80. The van der Waals surface area contributed by atoms with Crippen LogP contribution in [0, 0.1) is 0 Å². The van der Waals surface area contributed by atoms with Gasteiger partial charge in [0.2, 0.25) is 0 Å². The first-order valence-electron chi connectivity index (χ1n) is 3.12. The number of ketones is 1. The van der Waals surface area contributed by atoms with Gasteiger partial charge in [-0.1, -0.05) is 6.07 Å². The number of carbonyl (C=O) groups excluding carboxylic acids is 1. The monoisotopic (exact) mass is 190 g/mol. The third kappa shape index (κ3) is 2.75. The van der Waals surface area contributed by atoms with E-state index in [1.807, 2.05) is 5.38 Å². The van der Waals surface area contributed by atoms with Crippen molar-refractivity contribution in [2.24, 2.45) is 0 Å². The summed E-state index contributed by atoms with van der Waals surface area (Å²) < 4.78 is 0. The molecule has 0 aliphatic rings. The SMILES string of the molecule is CC(=C[O-])C(=O)c1cccs1.[Na+]. The zero-order chi connectivity index (χ0) is 8.27. The topological polar surface area (TPSA) is 40.1 Å². The van der Waals surface area contributed by atoms with Gasteiger partial charge in [-0.2, -0.15) is 0 Å². The van der Waals surface area contributed by atoms with Gasteiger partial charge in [-0.25, -0.2) is 0 Å². The fourth-order valence-electron chi connectivity index (χ4n) is 0.656. The van der Waals surface area contributed by atoms with Gasteiger partial charge >= 0.3 is 29.6 Å². The first-order chi connectivity index (χ1) is 5.25. The Balaban J connectivity index is 0.00000121. The van der Waals surface area contributed by atoms with E-state index in [0.717, 1.165) is 0 Å². The molecule has 1 aromatic rings. The quantitative estimate of drug-likeness (QED) is 0.239. The summed E-state index contributed by atoms with van der Waals surface area (Å²) in [4.78, 5) is 11.8. The van der Waals surface area contributed by atoms with Crippen LogP contribution in [0.1, 0.15) is 16.6 Å². The maximum Gasteiger partial charge on any atom is 1.00 e. The van der Waals surface area contributed by atoms with Crippen LogP contribution in [0.5, 0.6) is 0 Å². The molecule has 0 atom stereocenters. The van der Waals surface area contributed by atoms with E-state index in [1.165, 1.54) is 18.3 Å². The number of thiophene rings is 1. The van der Waals surface area contributed by atoms with E-state index in [2.05, 4.69) is 0 Å². The second-order valence-corrected chi connectivity index (χ2v) is 3.05. The van der Waals surface area contributed by atoms with Gasteiger partial charge < -0.3 is 5.11 Å². The van der Waals surface area contributed by atoms with Gasteiger partial charge in [0.1, 0.15) is 0 Å². The van der Waals surface area contributed by atoms with Crippen molar-refractivity contribution in [3.63, 3.8) is 0 Å². The van der Waals surface area contributed by atoms with E-state index in [0.29, 0.717) is 11.1 Å². The number of Topliss-reactive ketones (excluding diaryl/α,β-unsaturated/α-hetero) is 1. The predicted molar refractivity (Wildman–Crippen MR) is 42.4 cm³/mol. The third-order valence-electron chi connectivity index (χ3n) is 1.28. The molecule has 0 saturated carbocycles. The number of hydrogen-bond donors (Lipinski definition) is 0. The van der Waals surface area contributed by atoms with Crippen LogP contribution in [0.15, 0.2) is 29.3 Å². The fourth-order valence-corrected chi connectivity index (χ4v) is 1.38. The molecule has 0 spiro atoms. The van der Waals surface area contributed by atoms with Crippen molar-refractivity contribution in [1.82, 2.24) is 0 Å². The first-order valence-corrected chi connectivity index (χ1v) is 4.00. The van der Waals surface area contributed by atoms with Crippen LogP contribution in [0.25, 0.3) is 0 Å². The number of hydrogen-bond acceptors (Lipinski definition) is 3. The van der Waals surface area contributed by atoms with Crippen LogP contribution in [0.4, 0.5) is 0 Å². The fraction of sp³-hybridized carbons (Fsp3) is 0.125. The largest absolute Gasteiger partial charge is 1.00 e. The molecule has 0 radical (unpaired) electrons. The van der Waals surface area contributed by atoms with Gasteiger partial charge in [0.05, 0.1) is 4.88 Å². The Bertz CT molecular complexity index is 277. The minimum absolute atomic E-state index is 0. The van der Waals surface area contributed by atoms with E-state index >= 15 is 0 Å². The zero-order valence-electron chi connectivity index (χ0n) is 7.03. The van der Waals surface area contributed by atoms with Gasteiger partial charge in [0.25, 0.3) is 0 Å². The summed E-state index contributed by atoms with van der Waals surface area (Å²) in [6.45, 7) is 1.52. The van der Waals surface area contributed by atoms with E-state index in [4.69, 9.17) is 0 Å². The summed E-state index contributed by atoms with van der Waals surface area (Å²) >= 11 is 1.35. The second kappa shape index (κ2) is 5.54. The Morgan fingerprint density at radius 3 is 2.75 bits per heavy atom. The summed E-state index contributed by atoms with van der Waals surface area (Å²) in [5, 5.41) is 12.0. The third-order valence-corrected chi connectivity index (χ3v) is 2.15.